The fourth-order valence-corrected chi connectivity index (χ4v) is 2.43. The number of hydrogen-bond donors (Lipinski definition) is 2. The van der Waals surface area contributed by atoms with Crippen LogP contribution in [0.5, 0.6) is 0 Å². The number of carbonyl (C=O) groups excluding carboxylic acids is 1. The number of benzene rings is 2. The van der Waals surface area contributed by atoms with Crippen molar-refractivity contribution in [1.82, 2.24) is 10.3 Å². The average Bonchev–Trinajstić information content (AvgIpc) is 2.54. The minimum atomic E-state index is -0.190. The van der Waals surface area contributed by atoms with E-state index in [1.54, 1.807) is 24.3 Å². The van der Waals surface area contributed by atoms with Crippen molar-refractivity contribution in [1.29, 1.82) is 0 Å². The first kappa shape index (κ1) is 14.1. The smallest absolute Gasteiger partial charge is 0.253 e. The van der Waals surface area contributed by atoms with Crippen molar-refractivity contribution in [2.45, 2.75) is 13.5 Å². The lowest BCUT2D eigenvalue weighted by Crippen LogP contribution is -2.26. The standard InChI is InChI=1S/C18H16N2O2/c1-12-6-5-9-14-10-15(18(22)20-16(12)14)11-19-17(21)13-7-3-2-4-8-13/h2-10H,11H2,1H3,(H,19,21)(H,20,22). The third-order valence-corrected chi connectivity index (χ3v) is 3.64. The van der Waals surface area contributed by atoms with E-state index in [0.29, 0.717) is 11.1 Å². The van der Waals surface area contributed by atoms with E-state index in [4.69, 9.17) is 0 Å². The molecule has 4 nitrogen and oxygen atoms in total. The van der Waals surface area contributed by atoms with Crippen LogP contribution in [0.1, 0.15) is 21.5 Å². The van der Waals surface area contributed by atoms with Gasteiger partial charge in [-0.3, -0.25) is 9.59 Å². The zero-order valence-corrected chi connectivity index (χ0v) is 12.2. The molecule has 3 aromatic rings. The maximum absolute atomic E-state index is 12.1. The van der Waals surface area contributed by atoms with Gasteiger partial charge in [0.15, 0.2) is 0 Å². The summed E-state index contributed by atoms with van der Waals surface area (Å²) >= 11 is 0. The molecule has 0 fully saturated rings. The summed E-state index contributed by atoms with van der Waals surface area (Å²) in [5.41, 5.74) is 2.81. The van der Waals surface area contributed by atoms with Crippen LogP contribution in [0, 0.1) is 6.92 Å². The highest BCUT2D eigenvalue weighted by molar-refractivity contribution is 5.94. The Hall–Kier alpha value is -2.88. The van der Waals surface area contributed by atoms with Crippen molar-refractivity contribution in [2.24, 2.45) is 0 Å². The maximum Gasteiger partial charge on any atom is 0.253 e. The molecular weight excluding hydrogens is 276 g/mol. The monoisotopic (exact) mass is 292 g/mol. The van der Waals surface area contributed by atoms with Crippen LogP contribution in [0.3, 0.4) is 0 Å². The summed E-state index contributed by atoms with van der Waals surface area (Å²) in [5, 5.41) is 3.74. The zero-order valence-electron chi connectivity index (χ0n) is 12.2. The molecule has 0 spiro atoms. The van der Waals surface area contributed by atoms with Gasteiger partial charge in [-0.1, -0.05) is 36.4 Å². The van der Waals surface area contributed by atoms with E-state index in [0.717, 1.165) is 16.5 Å². The number of aromatic amines is 1. The first-order valence-electron chi connectivity index (χ1n) is 7.10. The zero-order chi connectivity index (χ0) is 15.5. The van der Waals surface area contributed by atoms with Crippen molar-refractivity contribution < 1.29 is 4.79 Å². The van der Waals surface area contributed by atoms with Crippen molar-refractivity contribution in [2.75, 3.05) is 0 Å². The lowest BCUT2D eigenvalue weighted by atomic mass is 10.1. The van der Waals surface area contributed by atoms with Crippen LogP contribution in [-0.2, 0) is 6.54 Å². The SMILES string of the molecule is Cc1cccc2cc(CNC(=O)c3ccccc3)c(=O)[nH]c12. The molecule has 1 amide bonds. The molecule has 0 unspecified atom stereocenters. The second-order valence-corrected chi connectivity index (χ2v) is 5.21. The summed E-state index contributed by atoms with van der Waals surface area (Å²) < 4.78 is 0. The Balaban J connectivity index is 1.84. The third kappa shape index (κ3) is 2.76. The van der Waals surface area contributed by atoms with E-state index >= 15 is 0 Å². The van der Waals surface area contributed by atoms with Crippen LogP contribution >= 0.6 is 0 Å². The fraction of sp³-hybridized carbons (Fsp3) is 0.111. The van der Waals surface area contributed by atoms with Gasteiger partial charge in [-0.25, -0.2) is 0 Å². The van der Waals surface area contributed by atoms with Crippen molar-refractivity contribution >= 4 is 16.8 Å². The molecule has 0 radical (unpaired) electrons. The Bertz CT molecular complexity index is 882. The van der Waals surface area contributed by atoms with Crippen molar-refractivity contribution in [3.8, 4) is 0 Å². The van der Waals surface area contributed by atoms with Gasteiger partial charge in [0.25, 0.3) is 11.5 Å². The van der Waals surface area contributed by atoms with Gasteiger partial charge in [0.2, 0.25) is 0 Å². The number of pyridine rings is 1. The molecule has 0 atom stereocenters. The van der Waals surface area contributed by atoms with Crippen LogP contribution in [0.25, 0.3) is 10.9 Å². The molecule has 0 bridgehead atoms. The van der Waals surface area contributed by atoms with Crippen molar-refractivity contribution in [3.63, 3.8) is 0 Å². The van der Waals surface area contributed by atoms with Gasteiger partial charge in [-0.15, -0.1) is 0 Å². The minimum Gasteiger partial charge on any atom is -0.348 e. The summed E-state index contributed by atoms with van der Waals surface area (Å²) in [5.74, 6) is -0.190. The van der Waals surface area contributed by atoms with E-state index in [9.17, 15) is 9.59 Å². The molecule has 22 heavy (non-hydrogen) atoms. The largest absolute Gasteiger partial charge is 0.348 e. The Morgan fingerprint density at radius 2 is 1.86 bits per heavy atom. The number of hydrogen-bond acceptors (Lipinski definition) is 2. The molecule has 1 heterocycles. The lowest BCUT2D eigenvalue weighted by molar-refractivity contribution is 0.0951. The van der Waals surface area contributed by atoms with E-state index in [1.807, 2.05) is 37.3 Å². The fourth-order valence-electron chi connectivity index (χ4n) is 2.43. The minimum absolute atomic E-state index is 0.171. The number of aromatic nitrogens is 1. The molecule has 1 aromatic heterocycles. The highest BCUT2D eigenvalue weighted by Crippen LogP contribution is 2.14. The molecular formula is C18H16N2O2. The van der Waals surface area contributed by atoms with Crippen LogP contribution in [0.4, 0.5) is 0 Å². The highest BCUT2D eigenvalue weighted by atomic mass is 16.1. The maximum atomic E-state index is 12.1. The van der Waals surface area contributed by atoms with Crippen molar-refractivity contribution in [3.05, 3.63) is 81.6 Å². The Morgan fingerprint density at radius 3 is 2.64 bits per heavy atom. The summed E-state index contributed by atoms with van der Waals surface area (Å²) in [7, 11) is 0. The van der Waals surface area contributed by atoms with Gasteiger partial charge in [0.05, 0.1) is 5.52 Å². The summed E-state index contributed by atoms with van der Waals surface area (Å²) in [4.78, 5) is 27.0. The average molecular weight is 292 g/mol. The molecule has 0 saturated heterocycles. The van der Waals surface area contributed by atoms with Crippen LogP contribution in [0.15, 0.2) is 59.4 Å². The molecule has 3 rings (SSSR count). The molecule has 0 aliphatic rings. The number of fused-ring (bicyclic) bond motifs is 1. The Morgan fingerprint density at radius 1 is 1.09 bits per heavy atom. The lowest BCUT2D eigenvalue weighted by Gasteiger charge is -2.07. The molecule has 110 valence electrons. The van der Waals surface area contributed by atoms with Gasteiger partial charge in [0.1, 0.15) is 0 Å². The first-order valence-corrected chi connectivity index (χ1v) is 7.10. The summed E-state index contributed by atoms with van der Waals surface area (Å²) in [6.45, 7) is 2.15. The van der Waals surface area contributed by atoms with Crippen LogP contribution < -0.4 is 10.9 Å². The van der Waals surface area contributed by atoms with Crippen LogP contribution in [-0.4, -0.2) is 10.9 Å². The molecule has 0 aliphatic heterocycles. The predicted octanol–water partition coefficient (Wildman–Crippen LogP) is 2.77. The number of H-pyrrole nitrogens is 1. The number of aryl methyl sites for hydroxylation is 1. The number of amides is 1. The first-order chi connectivity index (χ1) is 10.6. The number of para-hydroxylation sites is 1. The number of carbonyl (C=O) groups is 1. The van der Waals surface area contributed by atoms with E-state index in [2.05, 4.69) is 10.3 Å². The van der Waals surface area contributed by atoms with Gasteiger partial charge in [-0.2, -0.15) is 0 Å². The number of nitrogens with one attached hydrogen (secondary N) is 2. The van der Waals surface area contributed by atoms with Gasteiger partial charge < -0.3 is 10.3 Å². The molecule has 2 N–H and O–H groups in total. The predicted molar refractivity (Wildman–Crippen MR) is 86.9 cm³/mol. The summed E-state index contributed by atoms with van der Waals surface area (Å²) in [6.07, 6.45) is 0. The molecule has 4 heteroatoms. The molecule has 0 saturated carbocycles. The Kier molecular flexibility index (Phi) is 3.74. The number of rotatable bonds is 3. The van der Waals surface area contributed by atoms with Gasteiger partial charge in [-0.05, 0) is 36.1 Å². The molecule has 2 aromatic carbocycles. The summed E-state index contributed by atoms with van der Waals surface area (Å²) in [6, 6.07) is 16.6. The molecule has 0 aliphatic carbocycles. The van der Waals surface area contributed by atoms with Gasteiger partial charge >= 0.3 is 0 Å². The topological polar surface area (TPSA) is 62.0 Å². The second-order valence-electron chi connectivity index (χ2n) is 5.21. The van der Waals surface area contributed by atoms with Gasteiger partial charge in [0, 0.05) is 17.7 Å². The quantitative estimate of drug-likeness (QED) is 0.779. The van der Waals surface area contributed by atoms with E-state index in [1.165, 1.54) is 0 Å². The third-order valence-electron chi connectivity index (χ3n) is 3.64. The van der Waals surface area contributed by atoms with E-state index in [-0.39, 0.29) is 18.0 Å². The normalized spacial score (nSPS) is 10.6. The highest BCUT2D eigenvalue weighted by Gasteiger charge is 2.08. The van der Waals surface area contributed by atoms with Crippen LogP contribution in [0.2, 0.25) is 0 Å². The van der Waals surface area contributed by atoms with E-state index < -0.39 is 0 Å². The Labute approximate surface area is 127 Å². The second kappa shape index (κ2) is 5.85.